The summed E-state index contributed by atoms with van der Waals surface area (Å²) in [5.74, 6) is 0.0374. The molecule has 0 saturated heterocycles. The van der Waals surface area contributed by atoms with Crippen molar-refractivity contribution < 1.29 is 14.3 Å². The van der Waals surface area contributed by atoms with Gasteiger partial charge in [0.1, 0.15) is 11.8 Å². The van der Waals surface area contributed by atoms with Gasteiger partial charge in [0.25, 0.3) is 5.91 Å². The number of amides is 2. The van der Waals surface area contributed by atoms with Crippen LogP contribution in [-0.2, 0) is 22.6 Å². The second-order valence-corrected chi connectivity index (χ2v) is 9.23. The summed E-state index contributed by atoms with van der Waals surface area (Å²) >= 11 is 12.5. The number of carbonyl (C=O) groups excluding carboxylic acids is 2. The summed E-state index contributed by atoms with van der Waals surface area (Å²) in [6.07, 6.45) is 1.13. The summed E-state index contributed by atoms with van der Waals surface area (Å²) < 4.78 is 5.74. The topological polar surface area (TPSA) is 58.6 Å². The lowest BCUT2D eigenvalue weighted by molar-refractivity contribution is -0.143. The van der Waals surface area contributed by atoms with E-state index < -0.39 is 6.04 Å². The van der Waals surface area contributed by atoms with E-state index >= 15 is 0 Å². The molecule has 5 nitrogen and oxygen atoms in total. The van der Waals surface area contributed by atoms with Crippen molar-refractivity contribution >= 4 is 35.0 Å². The van der Waals surface area contributed by atoms with Crippen LogP contribution >= 0.6 is 23.2 Å². The number of halogens is 2. The molecule has 0 saturated carbocycles. The Labute approximate surface area is 217 Å². The van der Waals surface area contributed by atoms with Gasteiger partial charge in [0, 0.05) is 29.1 Å². The van der Waals surface area contributed by atoms with Gasteiger partial charge in [-0.05, 0) is 48.7 Å². The van der Waals surface area contributed by atoms with E-state index in [9.17, 15) is 9.59 Å². The predicted molar refractivity (Wildman–Crippen MR) is 141 cm³/mol. The molecule has 2 amide bonds. The van der Waals surface area contributed by atoms with Crippen molar-refractivity contribution in [1.82, 2.24) is 10.2 Å². The van der Waals surface area contributed by atoms with Crippen LogP contribution in [0.4, 0.5) is 0 Å². The molecule has 0 spiro atoms. The number of nitrogens with one attached hydrogen (secondary N) is 1. The van der Waals surface area contributed by atoms with Crippen molar-refractivity contribution in [1.29, 1.82) is 0 Å². The zero-order valence-electron chi connectivity index (χ0n) is 19.9. The van der Waals surface area contributed by atoms with Gasteiger partial charge in [-0.15, -0.1) is 0 Å². The number of hydrogen-bond donors (Lipinski definition) is 1. The van der Waals surface area contributed by atoms with Gasteiger partial charge in [-0.25, -0.2) is 0 Å². The second-order valence-electron chi connectivity index (χ2n) is 8.38. The monoisotopic (exact) mass is 512 g/mol. The first-order chi connectivity index (χ1) is 16.9. The Bertz CT molecular complexity index is 1110. The molecule has 0 heterocycles. The van der Waals surface area contributed by atoms with Crippen LogP contribution in [0.1, 0.15) is 31.4 Å². The third kappa shape index (κ3) is 8.01. The Morgan fingerprint density at radius 2 is 1.63 bits per heavy atom. The Morgan fingerprint density at radius 3 is 2.26 bits per heavy atom. The fraction of sp³-hybridized carbons (Fsp3) is 0.286. The lowest BCUT2D eigenvalue weighted by Crippen LogP contribution is -2.53. The first-order valence-corrected chi connectivity index (χ1v) is 12.4. The lowest BCUT2D eigenvalue weighted by atomic mass is 10.0. The van der Waals surface area contributed by atoms with E-state index in [0.29, 0.717) is 27.8 Å². The molecule has 3 aromatic rings. The van der Waals surface area contributed by atoms with E-state index in [1.165, 1.54) is 0 Å². The average Bonchev–Trinajstić information content (AvgIpc) is 2.87. The first kappa shape index (κ1) is 26.6. The maximum Gasteiger partial charge on any atom is 0.261 e. The van der Waals surface area contributed by atoms with Gasteiger partial charge >= 0.3 is 0 Å². The van der Waals surface area contributed by atoms with Crippen LogP contribution in [0, 0.1) is 0 Å². The molecule has 3 rings (SSSR count). The molecule has 0 bridgehead atoms. The zero-order valence-corrected chi connectivity index (χ0v) is 21.4. The highest BCUT2D eigenvalue weighted by atomic mass is 35.5. The van der Waals surface area contributed by atoms with E-state index in [2.05, 4.69) is 5.32 Å². The Morgan fingerprint density at radius 1 is 0.971 bits per heavy atom. The minimum absolute atomic E-state index is 0.0302. The lowest BCUT2D eigenvalue weighted by Gasteiger charge is -2.32. The Balaban J connectivity index is 1.94. The van der Waals surface area contributed by atoms with Crippen LogP contribution in [0.3, 0.4) is 0 Å². The highest BCUT2D eigenvalue weighted by molar-refractivity contribution is 6.35. The Kier molecular flexibility index (Phi) is 10.0. The van der Waals surface area contributed by atoms with E-state index in [0.717, 1.165) is 12.0 Å². The van der Waals surface area contributed by atoms with Crippen molar-refractivity contribution in [2.24, 2.45) is 0 Å². The van der Waals surface area contributed by atoms with E-state index in [1.807, 2.05) is 62.4 Å². The molecule has 2 atom stereocenters. The molecule has 0 fully saturated rings. The summed E-state index contributed by atoms with van der Waals surface area (Å²) in [6.45, 7) is 3.87. The predicted octanol–water partition coefficient (Wildman–Crippen LogP) is 5.93. The van der Waals surface area contributed by atoms with Crippen molar-refractivity contribution in [2.45, 2.75) is 45.3 Å². The third-order valence-corrected chi connectivity index (χ3v) is 6.32. The summed E-state index contributed by atoms with van der Waals surface area (Å²) in [5, 5.41) is 3.97. The molecule has 3 aromatic carbocycles. The summed E-state index contributed by atoms with van der Waals surface area (Å²) in [7, 11) is 0. The largest absolute Gasteiger partial charge is 0.484 e. The minimum Gasteiger partial charge on any atom is -0.484 e. The van der Waals surface area contributed by atoms with Crippen molar-refractivity contribution in [3.05, 3.63) is 100 Å². The molecule has 184 valence electrons. The minimum atomic E-state index is -0.759. The molecule has 7 heteroatoms. The van der Waals surface area contributed by atoms with Crippen molar-refractivity contribution in [3.63, 3.8) is 0 Å². The van der Waals surface area contributed by atoms with Crippen LogP contribution in [-0.4, -0.2) is 35.4 Å². The van der Waals surface area contributed by atoms with Crippen LogP contribution in [0.5, 0.6) is 5.75 Å². The standard InChI is InChI=1S/C28H30Cl2N2O3/c1-3-20(2)31-28(34)26(16-21-10-6-4-7-11-21)32(18-22-14-15-23(29)17-25(22)30)27(33)19-35-24-12-8-5-9-13-24/h4-15,17,20,26H,3,16,18-19H2,1-2H3,(H,31,34). The summed E-state index contributed by atoms with van der Waals surface area (Å²) in [6, 6.07) is 23.1. The molecule has 2 unspecified atom stereocenters. The van der Waals surface area contributed by atoms with Crippen LogP contribution in [0.2, 0.25) is 10.0 Å². The van der Waals surface area contributed by atoms with Gasteiger partial charge in [0.15, 0.2) is 6.61 Å². The fourth-order valence-electron chi connectivity index (χ4n) is 3.57. The quantitative estimate of drug-likeness (QED) is 0.346. The molecular weight excluding hydrogens is 483 g/mol. The normalized spacial score (nSPS) is 12.5. The molecule has 35 heavy (non-hydrogen) atoms. The van der Waals surface area contributed by atoms with Crippen LogP contribution in [0.25, 0.3) is 0 Å². The molecule has 0 radical (unpaired) electrons. The number of hydrogen-bond acceptors (Lipinski definition) is 3. The highest BCUT2D eigenvalue weighted by Gasteiger charge is 2.31. The number of ether oxygens (including phenoxy) is 1. The molecule has 0 aromatic heterocycles. The van der Waals surface area contributed by atoms with Gasteiger partial charge in [0.2, 0.25) is 5.91 Å². The third-order valence-electron chi connectivity index (χ3n) is 5.73. The smallest absolute Gasteiger partial charge is 0.261 e. The number of carbonyl (C=O) groups is 2. The summed E-state index contributed by atoms with van der Waals surface area (Å²) in [5.41, 5.74) is 1.64. The van der Waals surface area contributed by atoms with Crippen LogP contribution in [0.15, 0.2) is 78.9 Å². The maximum atomic E-state index is 13.5. The highest BCUT2D eigenvalue weighted by Crippen LogP contribution is 2.24. The molecule has 0 aliphatic carbocycles. The first-order valence-electron chi connectivity index (χ1n) is 11.6. The van der Waals surface area contributed by atoms with Gasteiger partial charge in [-0.3, -0.25) is 9.59 Å². The van der Waals surface area contributed by atoms with Crippen LogP contribution < -0.4 is 10.1 Å². The molecule has 1 N–H and O–H groups in total. The van der Waals surface area contributed by atoms with Gasteiger partial charge < -0.3 is 15.0 Å². The van der Waals surface area contributed by atoms with Gasteiger partial charge in [0.05, 0.1) is 0 Å². The SMILES string of the molecule is CCC(C)NC(=O)C(Cc1ccccc1)N(Cc1ccc(Cl)cc1Cl)C(=O)COc1ccccc1. The van der Waals surface area contributed by atoms with E-state index in [1.54, 1.807) is 35.2 Å². The van der Waals surface area contributed by atoms with Crippen molar-refractivity contribution in [2.75, 3.05) is 6.61 Å². The van der Waals surface area contributed by atoms with Gasteiger partial charge in [-0.2, -0.15) is 0 Å². The van der Waals surface area contributed by atoms with E-state index in [-0.39, 0.29) is 31.0 Å². The van der Waals surface area contributed by atoms with Gasteiger partial charge in [-0.1, -0.05) is 84.7 Å². The molecular formula is C28H30Cl2N2O3. The number of para-hydroxylation sites is 1. The Hall–Kier alpha value is -3.02. The zero-order chi connectivity index (χ0) is 25.2. The van der Waals surface area contributed by atoms with E-state index in [4.69, 9.17) is 27.9 Å². The van der Waals surface area contributed by atoms with Crippen molar-refractivity contribution in [3.8, 4) is 5.75 Å². The number of nitrogens with zero attached hydrogens (tertiary/aromatic N) is 1. The number of benzene rings is 3. The second kappa shape index (κ2) is 13.2. The molecule has 0 aliphatic rings. The molecule has 0 aliphatic heterocycles. The maximum absolute atomic E-state index is 13.5. The fourth-order valence-corrected chi connectivity index (χ4v) is 4.04. The average molecular weight is 513 g/mol. The summed E-state index contributed by atoms with van der Waals surface area (Å²) in [4.78, 5) is 28.6. The number of rotatable bonds is 11.